The van der Waals surface area contributed by atoms with Crippen LogP contribution in [-0.2, 0) is 10.2 Å². The maximum atomic E-state index is 13.3. The maximum Gasteiger partial charge on any atom is 0.233 e. The van der Waals surface area contributed by atoms with Crippen LogP contribution in [0.15, 0.2) is 54.9 Å². The van der Waals surface area contributed by atoms with Gasteiger partial charge in [-0.1, -0.05) is 36.8 Å². The Bertz CT molecular complexity index is 704. The maximum absolute atomic E-state index is 13.3. The molecular formula is C21H25N3O. The minimum Gasteiger partial charge on any atom is -0.381 e. The van der Waals surface area contributed by atoms with Crippen LogP contribution in [0.4, 0.5) is 5.69 Å². The second-order valence-corrected chi connectivity index (χ2v) is 7.25. The number of pyridine rings is 1. The Kier molecular flexibility index (Phi) is 4.43. The van der Waals surface area contributed by atoms with E-state index in [1.807, 2.05) is 36.5 Å². The normalized spacial score (nSPS) is 19.9. The van der Waals surface area contributed by atoms with Crippen LogP contribution in [0.2, 0.25) is 0 Å². The fraction of sp³-hybridized carbons (Fsp3) is 0.429. The van der Waals surface area contributed by atoms with Gasteiger partial charge in [0.15, 0.2) is 0 Å². The lowest BCUT2D eigenvalue weighted by Crippen LogP contribution is -2.54. The zero-order chi connectivity index (χ0) is 17.1. The number of hydrogen-bond acceptors (Lipinski definition) is 3. The molecule has 130 valence electrons. The molecule has 4 heteroatoms. The molecular weight excluding hydrogens is 310 g/mol. The number of hydrogen-bond donors (Lipinski definition) is 1. The summed E-state index contributed by atoms with van der Waals surface area (Å²) in [6, 6.07) is 14.8. The molecule has 2 heterocycles. The lowest BCUT2D eigenvalue weighted by molar-refractivity contribution is -0.142. The van der Waals surface area contributed by atoms with Crippen molar-refractivity contribution >= 4 is 11.6 Å². The van der Waals surface area contributed by atoms with Gasteiger partial charge in [-0.05, 0) is 43.4 Å². The number of nitrogens with zero attached hydrogens (tertiary/aromatic N) is 2. The first-order valence-electron chi connectivity index (χ1n) is 9.29. The quantitative estimate of drug-likeness (QED) is 0.928. The molecule has 25 heavy (non-hydrogen) atoms. The number of likely N-dealkylation sites (tertiary alicyclic amines) is 1. The Balaban J connectivity index is 1.39. The predicted octanol–water partition coefficient (Wildman–Crippen LogP) is 3.61. The summed E-state index contributed by atoms with van der Waals surface area (Å²) in [7, 11) is 0. The molecule has 1 amide bonds. The van der Waals surface area contributed by atoms with E-state index in [0.717, 1.165) is 50.9 Å². The van der Waals surface area contributed by atoms with Crippen LogP contribution in [-0.4, -0.2) is 34.9 Å². The van der Waals surface area contributed by atoms with Crippen LogP contribution in [0.1, 0.15) is 37.7 Å². The molecule has 1 saturated carbocycles. The molecule has 1 saturated heterocycles. The summed E-state index contributed by atoms with van der Waals surface area (Å²) in [4.78, 5) is 19.5. The van der Waals surface area contributed by atoms with Crippen LogP contribution in [0.5, 0.6) is 0 Å². The number of nitrogens with one attached hydrogen (secondary N) is 1. The molecule has 1 aromatic carbocycles. The van der Waals surface area contributed by atoms with E-state index in [4.69, 9.17) is 0 Å². The molecule has 0 radical (unpaired) electrons. The van der Waals surface area contributed by atoms with Gasteiger partial charge >= 0.3 is 0 Å². The highest BCUT2D eigenvalue weighted by atomic mass is 16.2. The Hall–Kier alpha value is -2.36. The molecule has 1 N–H and O–H groups in total. The van der Waals surface area contributed by atoms with E-state index < -0.39 is 0 Å². The predicted molar refractivity (Wildman–Crippen MR) is 99.4 cm³/mol. The molecule has 1 aromatic heterocycles. The van der Waals surface area contributed by atoms with Crippen LogP contribution >= 0.6 is 0 Å². The van der Waals surface area contributed by atoms with Crippen LogP contribution in [0.25, 0.3) is 0 Å². The molecule has 0 atom stereocenters. The van der Waals surface area contributed by atoms with Gasteiger partial charge in [-0.15, -0.1) is 0 Å². The first-order valence-corrected chi connectivity index (χ1v) is 9.29. The van der Waals surface area contributed by atoms with E-state index in [1.54, 1.807) is 6.20 Å². The number of piperidine rings is 1. The monoisotopic (exact) mass is 335 g/mol. The Morgan fingerprint density at radius 3 is 2.44 bits per heavy atom. The summed E-state index contributed by atoms with van der Waals surface area (Å²) >= 11 is 0. The highest BCUT2D eigenvalue weighted by molar-refractivity contribution is 5.89. The van der Waals surface area contributed by atoms with Gasteiger partial charge in [-0.25, -0.2) is 0 Å². The summed E-state index contributed by atoms with van der Waals surface area (Å²) in [5.41, 5.74) is 2.00. The smallest absolute Gasteiger partial charge is 0.233 e. The molecule has 4 rings (SSSR count). The Morgan fingerprint density at radius 2 is 1.84 bits per heavy atom. The summed E-state index contributed by atoms with van der Waals surface area (Å²) in [5, 5.41) is 3.54. The third kappa shape index (κ3) is 3.13. The highest BCUT2D eigenvalue weighted by Crippen LogP contribution is 2.45. The number of carbonyl (C=O) groups is 1. The van der Waals surface area contributed by atoms with E-state index in [0.29, 0.717) is 11.9 Å². The van der Waals surface area contributed by atoms with Gasteiger partial charge in [-0.3, -0.25) is 9.78 Å². The largest absolute Gasteiger partial charge is 0.381 e. The molecule has 2 aromatic rings. The number of rotatable bonds is 4. The number of benzene rings is 1. The molecule has 1 aliphatic heterocycles. The summed E-state index contributed by atoms with van der Waals surface area (Å²) < 4.78 is 0. The van der Waals surface area contributed by atoms with E-state index >= 15 is 0 Å². The average Bonchev–Trinajstić information content (AvgIpc) is 2.63. The topological polar surface area (TPSA) is 45.2 Å². The second-order valence-electron chi connectivity index (χ2n) is 7.25. The van der Waals surface area contributed by atoms with Crippen LogP contribution < -0.4 is 5.32 Å². The zero-order valence-corrected chi connectivity index (χ0v) is 14.5. The third-order valence-corrected chi connectivity index (χ3v) is 5.76. The van der Waals surface area contributed by atoms with Crippen molar-refractivity contribution in [3.8, 4) is 0 Å². The van der Waals surface area contributed by atoms with E-state index in [2.05, 4.69) is 27.3 Å². The Morgan fingerprint density at radius 1 is 1.08 bits per heavy atom. The summed E-state index contributed by atoms with van der Waals surface area (Å²) in [6.45, 7) is 1.68. The lowest BCUT2D eigenvalue weighted by Gasteiger charge is -2.45. The first kappa shape index (κ1) is 16.1. The fourth-order valence-corrected chi connectivity index (χ4v) is 4.13. The van der Waals surface area contributed by atoms with Crippen LogP contribution in [0, 0.1) is 0 Å². The molecule has 1 aliphatic carbocycles. The van der Waals surface area contributed by atoms with Crippen molar-refractivity contribution in [3.05, 3.63) is 60.4 Å². The zero-order valence-electron chi connectivity index (χ0n) is 14.5. The minimum atomic E-state index is -0.259. The van der Waals surface area contributed by atoms with Crippen LogP contribution in [0.3, 0.4) is 0 Å². The van der Waals surface area contributed by atoms with Gasteiger partial charge in [0.25, 0.3) is 0 Å². The molecule has 0 unspecified atom stereocenters. The van der Waals surface area contributed by atoms with Crippen molar-refractivity contribution in [1.82, 2.24) is 9.88 Å². The molecule has 0 spiro atoms. The molecule has 2 aliphatic rings. The van der Waals surface area contributed by atoms with E-state index in [-0.39, 0.29) is 5.41 Å². The Labute approximate surface area is 149 Å². The van der Waals surface area contributed by atoms with Gasteiger partial charge in [0.05, 0.1) is 11.1 Å². The SMILES string of the molecule is O=C(N1CCC(Nc2cccnc2)CC1)C1(c2ccccc2)CCC1. The summed E-state index contributed by atoms with van der Waals surface area (Å²) in [5.74, 6) is 0.338. The highest BCUT2D eigenvalue weighted by Gasteiger charge is 2.47. The summed E-state index contributed by atoms with van der Waals surface area (Å²) in [6.07, 6.45) is 8.76. The van der Waals surface area contributed by atoms with Gasteiger partial charge in [0.2, 0.25) is 5.91 Å². The van der Waals surface area contributed by atoms with Crippen molar-refractivity contribution in [2.24, 2.45) is 0 Å². The van der Waals surface area contributed by atoms with Gasteiger partial charge in [0.1, 0.15) is 0 Å². The lowest BCUT2D eigenvalue weighted by atomic mass is 9.63. The van der Waals surface area contributed by atoms with Crippen molar-refractivity contribution in [2.45, 2.75) is 43.6 Å². The average molecular weight is 335 g/mol. The van der Waals surface area contributed by atoms with Crippen molar-refractivity contribution < 1.29 is 4.79 Å². The minimum absolute atomic E-state index is 0.259. The van der Waals surface area contributed by atoms with Crippen molar-refractivity contribution in [2.75, 3.05) is 18.4 Å². The van der Waals surface area contributed by atoms with Gasteiger partial charge in [-0.2, -0.15) is 0 Å². The molecule has 0 bridgehead atoms. The molecule has 2 fully saturated rings. The number of amides is 1. The number of aromatic nitrogens is 1. The number of anilines is 1. The first-order chi connectivity index (χ1) is 12.3. The van der Waals surface area contributed by atoms with Crippen molar-refractivity contribution in [3.63, 3.8) is 0 Å². The second kappa shape index (κ2) is 6.87. The van der Waals surface area contributed by atoms with Gasteiger partial charge in [0, 0.05) is 31.5 Å². The van der Waals surface area contributed by atoms with Crippen molar-refractivity contribution in [1.29, 1.82) is 0 Å². The third-order valence-electron chi connectivity index (χ3n) is 5.76. The fourth-order valence-electron chi connectivity index (χ4n) is 4.13. The van der Waals surface area contributed by atoms with E-state index in [1.165, 1.54) is 5.56 Å². The number of carbonyl (C=O) groups excluding carboxylic acids is 1. The van der Waals surface area contributed by atoms with E-state index in [9.17, 15) is 4.79 Å². The standard InChI is InChI=1S/C21H25N3O/c25-20(21(11-5-12-21)17-6-2-1-3-7-17)24-14-9-18(10-15-24)23-19-8-4-13-22-16-19/h1-4,6-8,13,16,18,23H,5,9-12,14-15H2. The molecule has 4 nitrogen and oxygen atoms in total. The van der Waals surface area contributed by atoms with Gasteiger partial charge < -0.3 is 10.2 Å².